The molecule has 3 aromatic rings. The predicted molar refractivity (Wildman–Crippen MR) is 132 cm³/mol. The first-order valence-corrected chi connectivity index (χ1v) is 12.3. The highest BCUT2D eigenvalue weighted by Crippen LogP contribution is 2.24. The van der Waals surface area contributed by atoms with Crippen LogP contribution in [-0.2, 0) is 22.6 Å². The van der Waals surface area contributed by atoms with Gasteiger partial charge in [-0.25, -0.2) is 9.78 Å². The molecule has 0 atom stereocenters. The Morgan fingerprint density at radius 1 is 1.18 bits per heavy atom. The maximum Gasteiger partial charge on any atom is 0.408 e. The van der Waals surface area contributed by atoms with E-state index in [9.17, 15) is 9.59 Å². The molecule has 2 aromatic heterocycles. The number of nitrogens with zero attached hydrogens (tertiary/aromatic N) is 4. The lowest BCUT2D eigenvalue weighted by Gasteiger charge is -2.26. The summed E-state index contributed by atoms with van der Waals surface area (Å²) in [6.07, 6.45) is 0.302. The third-order valence-corrected chi connectivity index (χ3v) is 5.88. The lowest BCUT2D eigenvalue weighted by Crippen LogP contribution is -2.44. The van der Waals surface area contributed by atoms with E-state index in [2.05, 4.69) is 29.3 Å². The van der Waals surface area contributed by atoms with Gasteiger partial charge in [-0.15, -0.1) is 0 Å². The number of aromatic nitrogens is 4. The minimum atomic E-state index is -0.894. The molecule has 0 radical (unpaired) electrons. The number of hydrogen-bond donors (Lipinski definition) is 1. The molecule has 34 heavy (non-hydrogen) atoms. The van der Waals surface area contributed by atoms with Crippen molar-refractivity contribution in [3.8, 4) is 0 Å². The Kier molecular flexibility index (Phi) is 7.70. The van der Waals surface area contributed by atoms with Crippen LogP contribution in [0.2, 0.25) is 0 Å². The van der Waals surface area contributed by atoms with Gasteiger partial charge in [-0.05, 0) is 59.1 Å². The van der Waals surface area contributed by atoms with Gasteiger partial charge in [0, 0.05) is 6.54 Å². The first kappa shape index (κ1) is 25.7. The average Bonchev–Trinajstić information content (AvgIpc) is 3.20. The maximum atomic E-state index is 13.1. The molecule has 0 bridgehead atoms. The number of carbonyl (C=O) groups excluding carboxylic acids is 1. The Hall–Kier alpha value is -2.88. The first-order valence-electron chi connectivity index (χ1n) is 11.3. The monoisotopic (exact) mass is 487 g/mol. The van der Waals surface area contributed by atoms with E-state index in [1.165, 1.54) is 11.8 Å². The molecule has 9 nitrogen and oxygen atoms in total. The Balaban J connectivity index is 1.78. The summed E-state index contributed by atoms with van der Waals surface area (Å²) in [4.78, 5) is 34.5. The summed E-state index contributed by atoms with van der Waals surface area (Å²) in [6, 6.07) is 7.35. The molecule has 0 fully saturated rings. The molecule has 0 unspecified atom stereocenters. The van der Waals surface area contributed by atoms with Crippen molar-refractivity contribution in [2.45, 2.75) is 83.5 Å². The summed E-state index contributed by atoms with van der Waals surface area (Å²) in [5, 5.41) is 8.02. The minimum absolute atomic E-state index is 0.0531. The number of ether oxygens (including phenoxy) is 1. The lowest BCUT2D eigenvalue weighted by molar-refractivity contribution is 0.0465. The van der Waals surface area contributed by atoms with Gasteiger partial charge >= 0.3 is 6.09 Å². The van der Waals surface area contributed by atoms with E-state index < -0.39 is 17.2 Å². The fourth-order valence-corrected chi connectivity index (χ4v) is 4.01. The third kappa shape index (κ3) is 6.59. The van der Waals surface area contributed by atoms with Gasteiger partial charge in [-0.2, -0.15) is 4.98 Å². The van der Waals surface area contributed by atoms with Crippen LogP contribution < -0.4 is 10.9 Å². The molecule has 0 aliphatic carbocycles. The van der Waals surface area contributed by atoms with Crippen LogP contribution in [0.1, 0.15) is 66.6 Å². The molecule has 0 saturated carbocycles. The zero-order valence-electron chi connectivity index (χ0n) is 20.8. The highest BCUT2D eigenvalue weighted by molar-refractivity contribution is 7.98. The van der Waals surface area contributed by atoms with E-state index in [1.54, 1.807) is 45.3 Å². The summed E-state index contributed by atoms with van der Waals surface area (Å²) < 4.78 is 12.5. The first-order chi connectivity index (χ1) is 15.9. The van der Waals surface area contributed by atoms with Gasteiger partial charge in [-0.3, -0.25) is 9.36 Å². The molecule has 0 spiro atoms. The van der Waals surface area contributed by atoms with E-state index in [1.807, 2.05) is 18.2 Å². The van der Waals surface area contributed by atoms with Gasteiger partial charge in [0.2, 0.25) is 5.89 Å². The lowest BCUT2D eigenvalue weighted by atomic mass is 10.1. The summed E-state index contributed by atoms with van der Waals surface area (Å²) in [5.74, 6) is 1.49. The standard InChI is InChI=1S/C24H33N5O4S/c1-15(2)12-13-29-19(30)16-10-8-9-11-17(16)25-21(29)34-14-18-26-20(28-33-18)24(6,7)27-22(31)32-23(3,4)5/h8-11,15H,12-14H2,1-7H3,(H,27,31). The van der Waals surface area contributed by atoms with Crippen LogP contribution in [0.3, 0.4) is 0 Å². The minimum Gasteiger partial charge on any atom is -0.444 e. The van der Waals surface area contributed by atoms with Crippen molar-refractivity contribution in [3.05, 3.63) is 46.3 Å². The van der Waals surface area contributed by atoms with Crippen LogP contribution >= 0.6 is 11.8 Å². The number of alkyl carbamates (subject to hydrolysis) is 1. The van der Waals surface area contributed by atoms with Crippen molar-refractivity contribution in [2.75, 3.05) is 0 Å². The van der Waals surface area contributed by atoms with E-state index in [0.717, 1.165) is 6.42 Å². The molecule has 0 aliphatic rings. The van der Waals surface area contributed by atoms with Gasteiger partial charge in [0.15, 0.2) is 11.0 Å². The fraction of sp³-hybridized carbons (Fsp3) is 0.542. The molecule has 1 N–H and O–H groups in total. The van der Waals surface area contributed by atoms with Gasteiger partial charge < -0.3 is 14.6 Å². The molecular formula is C24H33N5O4S. The summed E-state index contributed by atoms with van der Waals surface area (Å²) in [7, 11) is 0. The number of rotatable bonds is 8. The van der Waals surface area contributed by atoms with Crippen LogP contribution in [0.5, 0.6) is 0 Å². The number of thioether (sulfide) groups is 1. The van der Waals surface area contributed by atoms with Crippen LogP contribution in [0.25, 0.3) is 10.9 Å². The second kappa shape index (κ2) is 10.2. The normalized spacial score (nSPS) is 12.4. The number of carbonyl (C=O) groups is 1. The Bertz CT molecular complexity index is 1210. The molecule has 2 heterocycles. The van der Waals surface area contributed by atoms with Crippen molar-refractivity contribution in [1.82, 2.24) is 25.0 Å². The highest BCUT2D eigenvalue weighted by atomic mass is 32.2. The molecule has 184 valence electrons. The smallest absolute Gasteiger partial charge is 0.408 e. The Labute approximate surface area is 203 Å². The summed E-state index contributed by atoms with van der Waals surface area (Å²) in [6.45, 7) is 13.8. The second-order valence-corrected chi connectivity index (χ2v) is 11.0. The molecule has 1 amide bonds. The number of fused-ring (bicyclic) bond motifs is 1. The number of para-hydroxylation sites is 1. The van der Waals surface area contributed by atoms with Gasteiger partial charge in [-0.1, -0.05) is 42.9 Å². The van der Waals surface area contributed by atoms with Crippen molar-refractivity contribution < 1.29 is 14.1 Å². The van der Waals surface area contributed by atoms with Gasteiger partial charge in [0.25, 0.3) is 5.56 Å². The van der Waals surface area contributed by atoms with E-state index in [0.29, 0.717) is 46.0 Å². The molecule has 0 aliphatic heterocycles. The van der Waals surface area contributed by atoms with E-state index in [-0.39, 0.29) is 5.56 Å². The number of hydrogen-bond acceptors (Lipinski definition) is 8. The second-order valence-electron chi connectivity index (χ2n) is 10.1. The van der Waals surface area contributed by atoms with Crippen LogP contribution in [-0.4, -0.2) is 31.4 Å². The molecule has 3 rings (SSSR count). The Morgan fingerprint density at radius 3 is 2.56 bits per heavy atom. The van der Waals surface area contributed by atoms with Gasteiger partial charge in [0.1, 0.15) is 11.1 Å². The maximum absolute atomic E-state index is 13.1. The molecule has 10 heteroatoms. The highest BCUT2D eigenvalue weighted by Gasteiger charge is 2.31. The SMILES string of the molecule is CC(C)CCn1c(SCc2nc(C(C)(C)NC(=O)OC(C)(C)C)no2)nc2ccccc2c1=O. The van der Waals surface area contributed by atoms with E-state index >= 15 is 0 Å². The van der Waals surface area contributed by atoms with Crippen molar-refractivity contribution in [3.63, 3.8) is 0 Å². The molecular weight excluding hydrogens is 454 g/mol. The predicted octanol–water partition coefficient (Wildman–Crippen LogP) is 4.88. The van der Waals surface area contributed by atoms with Crippen molar-refractivity contribution in [2.24, 2.45) is 5.92 Å². The van der Waals surface area contributed by atoms with Crippen molar-refractivity contribution in [1.29, 1.82) is 0 Å². The number of benzene rings is 1. The van der Waals surface area contributed by atoms with E-state index in [4.69, 9.17) is 14.2 Å². The zero-order valence-corrected chi connectivity index (χ0v) is 21.7. The number of nitrogens with one attached hydrogen (secondary N) is 1. The zero-order chi connectivity index (χ0) is 25.1. The quantitative estimate of drug-likeness (QED) is 0.353. The fourth-order valence-electron chi connectivity index (χ4n) is 3.15. The molecule has 1 aromatic carbocycles. The summed E-state index contributed by atoms with van der Waals surface area (Å²) >= 11 is 1.37. The summed E-state index contributed by atoms with van der Waals surface area (Å²) in [5.41, 5.74) is -0.903. The third-order valence-electron chi connectivity index (χ3n) is 4.92. The average molecular weight is 488 g/mol. The largest absolute Gasteiger partial charge is 0.444 e. The van der Waals surface area contributed by atoms with Crippen LogP contribution in [0.15, 0.2) is 38.7 Å². The topological polar surface area (TPSA) is 112 Å². The molecule has 0 saturated heterocycles. The van der Waals surface area contributed by atoms with Crippen LogP contribution in [0.4, 0.5) is 4.79 Å². The van der Waals surface area contributed by atoms with Gasteiger partial charge in [0.05, 0.1) is 16.7 Å². The van der Waals surface area contributed by atoms with Crippen LogP contribution in [0, 0.1) is 5.92 Å². The Morgan fingerprint density at radius 2 is 1.88 bits per heavy atom. The number of amides is 1. The van der Waals surface area contributed by atoms with Crippen molar-refractivity contribution >= 4 is 28.8 Å².